The Morgan fingerprint density at radius 3 is 1.20 bits per heavy atom. The molecule has 0 rings (SSSR count). The molecule has 0 amide bonds. The van der Waals surface area contributed by atoms with Gasteiger partial charge in [0.15, 0.2) is 0 Å². The molecule has 0 saturated heterocycles. The van der Waals surface area contributed by atoms with E-state index in [-0.39, 0.29) is 132 Å². The molecule has 0 unspecified atom stereocenters. The third kappa shape index (κ3) is 17.7. The van der Waals surface area contributed by atoms with E-state index in [1.54, 1.807) is 0 Å². The summed E-state index contributed by atoms with van der Waals surface area (Å²) in [5, 5.41) is 0. The zero-order valence-corrected chi connectivity index (χ0v) is 13.9. The van der Waals surface area contributed by atoms with E-state index >= 15 is 0 Å². The van der Waals surface area contributed by atoms with Crippen molar-refractivity contribution in [3.8, 4) is 0 Å². The van der Waals surface area contributed by atoms with Crippen LogP contribution < -0.4 is 0 Å². The molecule has 23 valence electrons. The summed E-state index contributed by atoms with van der Waals surface area (Å²) in [5.74, 6) is 0. The summed E-state index contributed by atoms with van der Waals surface area (Å²) in [6.45, 7) is 0. The molecule has 1 nitrogen and oxygen atoms in total. The smallest absolute Gasteiger partial charge is 0 e. The van der Waals surface area contributed by atoms with Gasteiger partial charge in [0.1, 0.15) is 0 Å². The Balaban J connectivity index is -0.00000000167. The molecule has 6 radical (unpaired) electrons. The molecule has 0 aliphatic carbocycles. The second-order valence-electron chi connectivity index (χ2n) is 0. The van der Waals surface area contributed by atoms with Gasteiger partial charge in [-0.1, -0.05) is 0 Å². The molecule has 0 aromatic rings. The first-order valence-electron chi connectivity index (χ1n) is 0.123. The van der Waals surface area contributed by atoms with Gasteiger partial charge in [-0.05, 0) is 0 Å². The standard InChI is InChI=1S/Ba.Ca.Cu.O.Sr. The third-order valence-corrected chi connectivity index (χ3v) is 0. The fraction of sp³-hybridized carbons (Fsp3) is 0. The van der Waals surface area contributed by atoms with Gasteiger partial charge in [0.05, 0.1) is 0 Å². The van der Waals surface area contributed by atoms with E-state index in [1.165, 1.54) is 0 Å². The Morgan fingerprint density at radius 1 is 1.20 bits per heavy atom. The van der Waals surface area contributed by atoms with E-state index in [0.717, 1.165) is 0 Å². The van der Waals surface area contributed by atoms with Crippen molar-refractivity contribution >= 4 is 132 Å². The molecule has 0 aromatic heterocycles. The second-order valence-corrected chi connectivity index (χ2v) is 0. The van der Waals surface area contributed by atoms with E-state index in [1.807, 2.05) is 0 Å². The van der Waals surface area contributed by atoms with Crippen LogP contribution in [0.15, 0.2) is 0 Å². The van der Waals surface area contributed by atoms with E-state index in [4.69, 9.17) is 3.83 Å². The summed E-state index contributed by atoms with van der Waals surface area (Å²) in [7, 11) is 0. The Morgan fingerprint density at radius 2 is 1.20 bits per heavy atom. The van der Waals surface area contributed by atoms with Crippen LogP contribution in [0.2, 0.25) is 0 Å². The maximum Gasteiger partial charge on any atom is 0 e. The van der Waals surface area contributed by atoms with Crippen molar-refractivity contribution in [3.05, 3.63) is 0 Å². The fourth-order valence-corrected chi connectivity index (χ4v) is 0. The topological polar surface area (TPSA) is 17.1 Å². The van der Waals surface area contributed by atoms with Gasteiger partial charge in [0.2, 0.25) is 0 Å². The Kier molecular flexibility index (Phi) is 106. The second kappa shape index (κ2) is 23.4. The minimum absolute atomic E-state index is 0. The van der Waals surface area contributed by atoms with Gasteiger partial charge < -0.3 is 0 Å². The minimum atomic E-state index is 0. The Hall–Kier alpha value is 4.63. The van der Waals surface area contributed by atoms with Crippen LogP contribution in [-0.4, -0.2) is 132 Å². The van der Waals surface area contributed by atoms with Gasteiger partial charge in [0.25, 0.3) is 0 Å². The summed E-state index contributed by atoms with van der Waals surface area (Å²) in [6, 6.07) is 0. The molecule has 0 aliphatic heterocycles. The van der Waals surface area contributed by atoms with Crippen molar-refractivity contribution in [1.29, 1.82) is 0 Å². The van der Waals surface area contributed by atoms with Gasteiger partial charge in [-0.3, -0.25) is 0 Å². The van der Waals surface area contributed by atoms with Crippen LogP contribution in [0.5, 0.6) is 0 Å². The Labute approximate surface area is 147 Å². The van der Waals surface area contributed by atoms with Crippen LogP contribution in [0.25, 0.3) is 0 Å². The molecule has 0 fully saturated rings. The van der Waals surface area contributed by atoms with Crippen molar-refractivity contribution < 1.29 is 19.8 Å². The molecule has 0 atom stereocenters. The maximum absolute atomic E-state index is 7.81. The number of hydrogen-bond donors (Lipinski definition) is 0. The average molecular weight is 345 g/mol. The van der Waals surface area contributed by atoms with Crippen molar-refractivity contribution in [2.24, 2.45) is 0 Å². The largest absolute Gasteiger partial charge is 0 e. The fourth-order valence-electron chi connectivity index (χ4n) is 0. The van der Waals surface area contributed by atoms with Crippen LogP contribution in [-0.2, 0) is 19.8 Å². The molecule has 0 bridgehead atoms. The average Bonchev–Trinajstić information content (AvgIpc) is 1.00. The molecule has 5 heteroatoms. The molecule has 0 heterocycles. The van der Waals surface area contributed by atoms with Gasteiger partial charge in [-0.15, -0.1) is 0 Å². The number of hydrogen-bond acceptors (Lipinski definition) is 1. The molecule has 0 saturated carbocycles. The van der Waals surface area contributed by atoms with Crippen molar-refractivity contribution in [1.82, 2.24) is 0 Å². The first-order chi connectivity index (χ1) is 1.00. The van der Waals surface area contributed by atoms with Gasteiger partial charge in [-0.25, -0.2) is 0 Å². The van der Waals surface area contributed by atoms with Crippen LogP contribution in [0, 0.1) is 0 Å². The first kappa shape index (κ1) is 22.6. The summed E-state index contributed by atoms with van der Waals surface area (Å²) in [6.07, 6.45) is 0. The van der Waals surface area contributed by atoms with E-state index in [2.05, 4.69) is 15.9 Å². The summed E-state index contributed by atoms with van der Waals surface area (Å²) in [5.41, 5.74) is 0. The van der Waals surface area contributed by atoms with E-state index in [0.29, 0.717) is 0 Å². The molecule has 0 N–H and O–H groups in total. The molecule has 0 aliphatic rings. The maximum atomic E-state index is 7.81. The molecule has 5 heavy (non-hydrogen) atoms. The van der Waals surface area contributed by atoms with Crippen molar-refractivity contribution in [2.45, 2.75) is 0 Å². The summed E-state index contributed by atoms with van der Waals surface area (Å²) in [4.78, 5) is 0. The zero-order chi connectivity index (χ0) is 2.00. The first-order valence-corrected chi connectivity index (χ1v) is 0.508. The van der Waals surface area contributed by atoms with E-state index in [9.17, 15) is 0 Å². The third-order valence-electron chi connectivity index (χ3n) is 0. The summed E-state index contributed by atoms with van der Waals surface area (Å²) < 4.78 is 7.81. The van der Waals surface area contributed by atoms with E-state index < -0.39 is 0 Å². The van der Waals surface area contributed by atoms with Crippen LogP contribution in [0.1, 0.15) is 0 Å². The minimum Gasteiger partial charge on any atom is 0 e. The Bertz CT molecular complexity index is 11.6. The quantitative estimate of drug-likeness (QED) is 0.501. The van der Waals surface area contributed by atoms with Gasteiger partial charge in [0, 0.05) is 132 Å². The monoisotopic (exact) mass is 345 g/mol. The number of rotatable bonds is 0. The predicted molar refractivity (Wildman–Crippen MR) is 17.9 cm³/mol. The molecule has 0 spiro atoms. The summed E-state index contributed by atoms with van der Waals surface area (Å²) >= 11 is 2.94. The normalized spacial score (nSPS) is 1.20. The van der Waals surface area contributed by atoms with Crippen molar-refractivity contribution in [2.75, 3.05) is 0 Å². The van der Waals surface area contributed by atoms with Gasteiger partial charge in [-0.2, -0.15) is 0 Å². The molecular weight excluding hydrogens is 345 g/mol. The SMILES string of the molecule is [Ba].[Ca].[O]=[Cu].[Sr]. The predicted octanol–water partition coefficient (Wildman–Crippen LogP) is -1.26. The van der Waals surface area contributed by atoms with Gasteiger partial charge >= 0.3 is 19.8 Å². The van der Waals surface area contributed by atoms with Crippen LogP contribution >= 0.6 is 0 Å². The molecular formula is BaCaCuOSr. The molecule has 0 aromatic carbocycles. The van der Waals surface area contributed by atoms with Crippen molar-refractivity contribution in [3.63, 3.8) is 0 Å². The van der Waals surface area contributed by atoms with Crippen LogP contribution in [0.4, 0.5) is 0 Å². The van der Waals surface area contributed by atoms with Crippen LogP contribution in [0.3, 0.4) is 0 Å². The zero-order valence-electron chi connectivity index (χ0n) is 2.83.